The van der Waals surface area contributed by atoms with Crippen LogP contribution in [0.15, 0.2) is 0 Å². The van der Waals surface area contributed by atoms with Crippen molar-refractivity contribution in [2.24, 2.45) is 0 Å². The second-order valence-corrected chi connectivity index (χ2v) is 4.84. The zero-order valence-corrected chi connectivity index (χ0v) is 11.9. The Morgan fingerprint density at radius 3 is 1.86 bits per heavy atom. The molecule has 132 valence electrons. The molecule has 0 aromatic carbocycles. The van der Waals surface area contributed by atoms with Gasteiger partial charge in [0.25, 0.3) is 0 Å². The Kier molecular flexibility index (Phi) is 6.64. The summed E-state index contributed by atoms with van der Waals surface area (Å²) in [5, 5.41) is 0. The number of hydrogen-bond donors (Lipinski definition) is 0. The average Bonchev–Trinajstić information content (AvgIpc) is 2.32. The molecule has 0 unspecified atom stereocenters. The van der Waals surface area contributed by atoms with E-state index in [1.807, 2.05) is 0 Å². The first-order chi connectivity index (χ1) is 9.69. The summed E-state index contributed by atoms with van der Waals surface area (Å²) < 4.78 is 101. The summed E-state index contributed by atoms with van der Waals surface area (Å²) in [6.45, 7) is 1.62. The van der Waals surface area contributed by atoms with Crippen molar-refractivity contribution >= 4 is 5.97 Å². The van der Waals surface area contributed by atoms with Gasteiger partial charge in [0.1, 0.15) is 5.60 Å². The van der Waals surface area contributed by atoms with E-state index in [1.54, 1.807) is 0 Å². The first kappa shape index (κ1) is 20.9. The van der Waals surface area contributed by atoms with Crippen LogP contribution in [0.25, 0.3) is 0 Å². The molecule has 22 heavy (non-hydrogen) atoms. The fourth-order valence-corrected chi connectivity index (χ4v) is 1.11. The molecular weight excluding hydrogens is 329 g/mol. The summed E-state index contributed by atoms with van der Waals surface area (Å²) in [5.74, 6) is -15.6. The molecule has 4 nitrogen and oxygen atoms in total. The van der Waals surface area contributed by atoms with Crippen LogP contribution in [0.3, 0.4) is 0 Å². The number of carbonyl (C=O) groups excluding carboxylic acids is 1. The number of hydrogen-bond acceptors (Lipinski definition) is 4. The van der Waals surface area contributed by atoms with Gasteiger partial charge in [0.05, 0.1) is 19.8 Å². The fourth-order valence-electron chi connectivity index (χ4n) is 1.11. The topological polar surface area (TPSA) is 44.8 Å². The van der Waals surface area contributed by atoms with Gasteiger partial charge in [-0.15, -0.1) is 0 Å². The number of methoxy groups -OCH3 is 1. The molecule has 11 heteroatoms. The average molecular weight is 344 g/mol. The smallest absolute Gasteiger partial charge is 0.453 e. The van der Waals surface area contributed by atoms with Crippen LogP contribution in [0.2, 0.25) is 0 Å². The number of halogens is 7. The maximum Gasteiger partial charge on any atom is 0.460 e. The van der Waals surface area contributed by atoms with Crippen LogP contribution in [0.1, 0.15) is 13.8 Å². The summed E-state index contributed by atoms with van der Waals surface area (Å²) in [4.78, 5) is 11.0. The lowest BCUT2D eigenvalue weighted by atomic mass is 10.1. The van der Waals surface area contributed by atoms with Gasteiger partial charge in [-0.1, -0.05) is 0 Å². The first-order valence-electron chi connectivity index (χ1n) is 5.81. The Morgan fingerprint density at radius 2 is 1.45 bits per heavy atom. The van der Waals surface area contributed by atoms with E-state index in [0.717, 1.165) is 13.8 Å². The molecule has 0 bridgehead atoms. The lowest BCUT2D eigenvalue weighted by Gasteiger charge is -2.31. The molecule has 0 radical (unpaired) electrons. The Hall–Kier alpha value is -1.10. The second-order valence-electron chi connectivity index (χ2n) is 4.84. The van der Waals surface area contributed by atoms with E-state index in [9.17, 15) is 35.5 Å². The second kappa shape index (κ2) is 6.99. The summed E-state index contributed by atoms with van der Waals surface area (Å²) >= 11 is 0. The standard InChI is InChI=1S/C11H15F7O4/c1-8(2,6-21-5-4-20-3)22-7(19)9(12,13)10(14,15)11(16,17)18/h4-6H2,1-3H3. The van der Waals surface area contributed by atoms with Gasteiger partial charge in [0.15, 0.2) is 0 Å². The van der Waals surface area contributed by atoms with Gasteiger partial charge >= 0.3 is 24.0 Å². The Labute approximate surface area is 121 Å². The zero-order chi connectivity index (χ0) is 17.8. The largest absolute Gasteiger partial charge is 0.460 e. The molecule has 0 atom stereocenters. The van der Waals surface area contributed by atoms with Crippen LogP contribution in [0.5, 0.6) is 0 Å². The third kappa shape index (κ3) is 4.97. The first-order valence-corrected chi connectivity index (χ1v) is 5.81. The molecule has 0 aliphatic rings. The molecule has 0 heterocycles. The molecule has 0 spiro atoms. The maximum absolute atomic E-state index is 13.1. The minimum absolute atomic E-state index is 0.0212. The van der Waals surface area contributed by atoms with E-state index in [1.165, 1.54) is 7.11 Å². The summed E-state index contributed by atoms with van der Waals surface area (Å²) in [5.41, 5.74) is -1.84. The fraction of sp³-hybridized carbons (Fsp3) is 0.909. The van der Waals surface area contributed by atoms with Gasteiger partial charge < -0.3 is 14.2 Å². The molecule has 0 saturated carbocycles. The van der Waals surface area contributed by atoms with Crippen LogP contribution < -0.4 is 0 Å². The Bertz CT molecular complexity index is 379. The molecule has 0 saturated heterocycles. The highest BCUT2D eigenvalue weighted by Gasteiger charge is 2.77. The molecule has 0 aliphatic heterocycles. The molecule has 0 amide bonds. The van der Waals surface area contributed by atoms with E-state index in [4.69, 9.17) is 4.74 Å². The van der Waals surface area contributed by atoms with Crippen LogP contribution in [-0.2, 0) is 19.0 Å². The third-order valence-electron chi connectivity index (χ3n) is 2.26. The maximum atomic E-state index is 13.1. The molecular formula is C11H15F7O4. The lowest BCUT2D eigenvalue weighted by molar-refractivity contribution is -0.350. The predicted octanol–water partition coefficient (Wildman–Crippen LogP) is 2.80. The van der Waals surface area contributed by atoms with E-state index in [-0.39, 0.29) is 13.2 Å². The van der Waals surface area contributed by atoms with Crippen LogP contribution in [-0.4, -0.2) is 56.5 Å². The quantitative estimate of drug-likeness (QED) is 0.386. The normalized spacial score (nSPS) is 14.1. The van der Waals surface area contributed by atoms with Crippen molar-refractivity contribution in [3.8, 4) is 0 Å². The van der Waals surface area contributed by atoms with Crippen molar-refractivity contribution in [2.45, 2.75) is 37.5 Å². The minimum atomic E-state index is -6.60. The SMILES string of the molecule is COCCOCC(C)(C)OC(=O)C(F)(F)C(F)(F)C(F)(F)F. The summed E-state index contributed by atoms with van der Waals surface area (Å²) in [7, 11) is 1.34. The van der Waals surface area contributed by atoms with Gasteiger partial charge in [0, 0.05) is 7.11 Å². The highest BCUT2D eigenvalue weighted by atomic mass is 19.4. The highest BCUT2D eigenvalue weighted by molar-refractivity contribution is 5.79. The third-order valence-corrected chi connectivity index (χ3v) is 2.26. The van der Waals surface area contributed by atoms with Crippen molar-refractivity contribution in [1.29, 1.82) is 0 Å². The number of carbonyl (C=O) groups is 1. The molecule has 0 aliphatic carbocycles. The summed E-state index contributed by atoms with van der Waals surface area (Å²) in [6.07, 6.45) is -6.60. The number of rotatable bonds is 8. The molecule has 0 rings (SSSR count). The van der Waals surface area contributed by atoms with Crippen LogP contribution >= 0.6 is 0 Å². The molecule has 0 fully saturated rings. The summed E-state index contributed by atoms with van der Waals surface area (Å²) in [6, 6.07) is 0. The van der Waals surface area contributed by atoms with Gasteiger partial charge in [-0.2, -0.15) is 30.7 Å². The van der Waals surface area contributed by atoms with Gasteiger partial charge in [-0.05, 0) is 13.8 Å². The zero-order valence-electron chi connectivity index (χ0n) is 11.9. The van der Waals surface area contributed by atoms with E-state index in [2.05, 4.69) is 9.47 Å². The number of ether oxygens (including phenoxy) is 3. The van der Waals surface area contributed by atoms with Crippen molar-refractivity contribution in [3.05, 3.63) is 0 Å². The van der Waals surface area contributed by atoms with Crippen molar-refractivity contribution in [3.63, 3.8) is 0 Å². The minimum Gasteiger partial charge on any atom is -0.453 e. The monoisotopic (exact) mass is 344 g/mol. The van der Waals surface area contributed by atoms with Crippen LogP contribution in [0.4, 0.5) is 30.7 Å². The number of alkyl halides is 7. The van der Waals surface area contributed by atoms with E-state index in [0.29, 0.717) is 0 Å². The lowest BCUT2D eigenvalue weighted by Crippen LogP contribution is -2.58. The molecule has 0 N–H and O–H groups in total. The van der Waals surface area contributed by atoms with Crippen molar-refractivity contribution in [1.82, 2.24) is 0 Å². The van der Waals surface area contributed by atoms with E-state index >= 15 is 0 Å². The molecule has 0 aromatic rings. The predicted molar refractivity (Wildman–Crippen MR) is 58.8 cm³/mol. The highest BCUT2D eigenvalue weighted by Crippen LogP contribution is 2.47. The van der Waals surface area contributed by atoms with Crippen molar-refractivity contribution < 1.29 is 49.7 Å². The van der Waals surface area contributed by atoms with Gasteiger partial charge in [-0.3, -0.25) is 0 Å². The van der Waals surface area contributed by atoms with Crippen molar-refractivity contribution in [2.75, 3.05) is 26.9 Å². The molecule has 0 aromatic heterocycles. The van der Waals surface area contributed by atoms with Gasteiger partial charge in [0.2, 0.25) is 0 Å². The Balaban J connectivity index is 4.89. The number of esters is 1. The van der Waals surface area contributed by atoms with E-state index < -0.39 is 36.2 Å². The Morgan fingerprint density at radius 1 is 0.955 bits per heavy atom. The van der Waals surface area contributed by atoms with Crippen LogP contribution in [0, 0.1) is 0 Å². The van der Waals surface area contributed by atoms with Gasteiger partial charge in [-0.25, -0.2) is 4.79 Å².